The first-order valence-electron chi connectivity index (χ1n) is 9.12. The number of amides is 1. The van der Waals surface area contributed by atoms with Crippen molar-refractivity contribution in [1.29, 1.82) is 0 Å². The molecule has 0 fully saturated rings. The molecule has 1 aromatic heterocycles. The number of nitrogens with zero attached hydrogens (tertiary/aromatic N) is 1. The molecule has 0 aliphatic rings. The summed E-state index contributed by atoms with van der Waals surface area (Å²) in [7, 11) is 0. The number of nitrogens with one attached hydrogen (secondary N) is 1. The summed E-state index contributed by atoms with van der Waals surface area (Å²) in [5, 5.41) is 3.28. The van der Waals surface area contributed by atoms with Crippen LogP contribution in [-0.2, 0) is 12.7 Å². The van der Waals surface area contributed by atoms with Gasteiger partial charge in [-0.05, 0) is 48.2 Å². The molecular weight excluding hydrogens is 384 g/mol. The summed E-state index contributed by atoms with van der Waals surface area (Å²) in [4.78, 5) is 17.3. The Bertz CT molecular complexity index is 1060. The molecule has 29 heavy (non-hydrogen) atoms. The highest BCUT2D eigenvalue weighted by Gasteiger charge is 2.31. The first-order chi connectivity index (χ1) is 13.6. The molecule has 0 spiro atoms. The quantitative estimate of drug-likeness (QED) is 0.562. The number of pyridine rings is 1. The Morgan fingerprint density at radius 1 is 1.10 bits per heavy atom. The van der Waals surface area contributed by atoms with Gasteiger partial charge in [0.2, 0.25) is 0 Å². The molecule has 0 unspecified atom stereocenters. The van der Waals surface area contributed by atoms with Crippen molar-refractivity contribution < 1.29 is 22.4 Å². The van der Waals surface area contributed by atoms with E-state index >= 15 is 0 Å². The number of rotatable bonds is 4. The minimum absolute atomic E-state index is 0.167. The smallest absolute Gasteiger partial charge is 0.348 e. The molecule has 3 rings (SSSR count). The third-order valence-corrected chi connectivity index (χ3v) is 4.74. The number of fused-ring (bicyclic) bond motifs is 1. The van der Waals surface area contributed by atoms with Gasteiger partial charge in [0.25, 0.3) is 5.91 Å². The number of hydrogen-bond donors (Lipinski definition) is 1. The lowest BCUT2D eigenvalue weighted by Crippen LogP contribution is -2.26. The molecule has 2 aromatic carbocycles. The summed E-state index contributed by atoms with van der Waals surface area (Å²) in [6.45, 7) is 5.56. The van der Waals surface area contributed by atoms with Crippen LogP contribution in [0.25, 0.3) is 10.9 Å². The van der Waals surface area contributed by atoms with Crippen LogP contribution < -0.4 is 5.32 Å². The van der Waals surface area contributed by atoms with Crippen LogP contribution in [0.5, 0.6) is 0 Å². The van der Waals surface area contributed by atoms with Crippen molar-refractivity contribution in [2.24, 2.45) is 0 Å². The molecule has 3 nitrogen and oxygen atoms in total. The number of carbonyl (C=O) groups is 1. The number of aromatic nitrogens is 1. The van der Waals surface area contributed by atoms with Crippen molar-refractivity contribution in [2.75, 3.05) is 0 Å². The molecule has 1 N–H and O–H groups in total. The predicted molar refractivity (Wildman–Crippen MR) is 103 cm³/mol. The van der Waals surface area contributed by atoms with Crippen molar-refractivity contribution >= 4 is 16.8 Å². The average Bonchev–Trinajstić information content (AvgIpc) is 2.66. The molecule has 0 bridgehead atoms. The van der Waals surface area contributed by atoms with E-state index in [1.807, 2.05) is 13.8 Å². The molecular formula is C22H20F4N2O. The zero-order valence-electron chi connectivity index (χ0n) is 16.2. The molecule has 0 atom stereocenters. The van der Waals surface area contributed by atoms with Crippen LogP contribution >= 0.6 is 0 Å². The van der Waals surface area contributed by atoms with E-state index in [2.05, 4.69) is 10.3 Å². The molecule has 3 aromatic rings. The number of hydrogen-bond acceptors (Lipinski definition) is 2. The molecule has 0 saturated carbocycles. The van der Waals surface area contributed by atoms with Crippen LogP contribution in [0.3, 0.4) is 0 Å². The van der Waals surface area contributed by atoms with Gasteiger partial charge in [-0.2, -0.15) is 13.2 Å². The van der Waals surface area contributed by atoms with Crippen LogP contribution in [-0.4, -0.2) is 10.9 Å². The van der Waals surface area contributed by atoms with Gasteiger partial charge in [0.1, 0.15) is 5.82 Å². The lowest BCUT2D eigenvalue weighted by molar-refractivity contribution is -0.137. The lowest BCUT2D eigenvalue weighted by atomic mass is 9.95. The summed E-state index contributed by atoms with van der Waals surface area (Å²) >= 11 is 0. The zero-order chi connectivity index (χ0) is 21.3. The minimum Gasteiger partial charge on any atom is -0.348 e. The number of aryl methyl sites for hydroxylation is 1. The Kier molecular flexibility index (Phi) is 5.59. The highest BCUT2D eigenvalue weighted by molar-refractivity contribution is 6.01. The van der Waals surface area contributed by atoms with Crippen molar-refractivity contribution in [2.45, 2.75) is 39.4 Å². The van der Waals surface area contributed by atoms with Crippen LogP contribution in [0.4, 0.5) is 17.6 Å². The molecule has 0 aliphatic carbocycles. The monoisotopic (exact) mass is 404 g/mol. The van der Waals surface area contributed by atoms with E-state index in [9.17, 15) is 22.4 Å². The van der Waals surface area contributed by atoms with Crippen LogP contribution in [0.15, 0.2) is 42.5 Å². The summed E-state index contributed by atoms with van der Waals surface area (Å²) in [5.74, 6) is -0.904. The van der Waals surface area contributed by atoms with Crippen LogP contribution in [0, 0.1) is 12.7 Å². The Hall–Kier alpha value is -2.96. The molecule has 0 radical (unpaired) electrons. The highest BCUT2D eigenvalue weighted by Crippen LogP contribution is 2.33. The Labute approximate surface area is 165 Å². The summed E-state index contributed by atoms with van der Waals surface area (Å²) in [6, 6.07) is 9.11. The predicted octanol–water partition coefficient (Wildman–Crippen LogP) is 5.75. The maximum absolute atomic E-state index is 13.1. The lowest BCUT2D eigenvalue weighted by Gasteiger charge is -2.18. The first-order valence-corrected chi connectivity index (χ1v) is 9.12. The van der Waals surface area contributed by atoms with Crippen LogP contribution in [0.1, 0.15) is 52.5 Å². The molecule has 7 heteroatoms. The van der Waals surface area contributed by atoms with Gasteiger partial charge in [0, 0.05) is 11.9 Å². The average molecular weight is 404 g/mol. The Morgan fingerprint density at radius 3 is 2.34 bits per heavy atom. The number of carbonyl (C=O) groups excluding carboxylic acids is 1. The Morgan fingerprint density at radius 2 is 1.76 bits per heavy atom. The number of halogens is 4. The number of benzene rings is 2. The summed E-state index contributed by atoms with van der Waals surface area (Å²) in [6.07, 6.45) is -4.47. The van der Waals surface area contributed by atoms with Gasteiger partial charge in [-0.25, -0.2) is 4.39 Å². The van der Waals surface area contributed by atoms with Gasteiger partial charge in [-0.3, -0.25) is 9.78 Å². The van der Waals surface area contributed by atoms with Gasteiger partial charge >= 0.3 is 6.18 Å². The molecule has 0 aliphatic heterocycles. The van der Waals surface area contributed by atoms with E-state index < -0.39 is 11.7 Å². The third kappa shape index (κ3) is 4.39. The van der Waals surface area contributed by atoms with Gasteiger partial charge in [0.05, 0.1) is 22.3 Å². The molecule has 152 valence electrons. The van der Waals surface area contributed by atoms with Gasteiger partial charge in [0.15, 0.2) is 0 Å². The summed E-state index contributed by atoms with van der Waals surface area (Å²) in [5.41, 5.74) is 1.52. The highest BCUT2D eigenvalue weighted by atomic mass is 19.4. The molecule has 1 heterocycles. The second-order valence-corrected chi connectivity index (χ2v) is 7.19. The van der Waals surface area contributed by atoms with Crippen molar-refractivity contribution in [3.05, 3.63) is 76.2 Å². The standard InChI is InChI=1S/C22H20F4N2O/c1-12(2)20-19(21(29)27-11-14-4-7-16(23)8-5-14)13(3)17-9-6-15(22(24,25)26)10-18(17)28-20/h4-10,12H,11H2,1-3H3,(H,27,29). The van der Waals surface area contributed by atoms with E-state index in [1.165, 1.54) is 18.2 Å². The topological polar surface area (TPSA) is 42.0 Å². The van der Waals surface area contributed by atoms with Crippen LogP contribution in [0.2, 0.25) is 0 Å². The van der Waals surface area contributed by atoms with E-state index in [4.69, 9.17) is 0 Å². The largest absolute Gasteiger partial charge is 0.416 e. The first kappa shape index (κ1) is 20.8. The molecule has 1 amide bonds. The normalized spacial score (nSPS) is 11.9. The van der Waals surface area contributed by atoms with Gasteiger partial charge < -0.3 is 5.32 Å². The molecule has 0 saturated heterocycles. The van der Waals surface area contributed by atoms with Crippen molar-refractivity contribution in [3.8, 4) is 0 Å². The SMILES string of the molecule is Cc1c(C(=O)NCc2ccc(F)cc2)c(C(C)C)nc2cc(C(F)(F)F)ccc12. The minimum atomic E-state index is -4.47. The number of alkyl halides is 3. The van der Waals surface area contributed by atoms with E-state index in [-0.39, 0.29) is 29.7 Å². The maximum Gasteiger partial charge on any atom is 0.416 e. The van der Waals surface area contributed by atoms with Crippen molar-refractivity contribution in [1.82, 2.24) is 10.3 Å². The second kappa shape index (κ2) is 7.81. The van der Waals surface area contributed by atoms with E-state index in [1.54, 1.807) is 19.1 Å². The third-order valence-electron chi connectivity index (χ3n) is 4.74. The maximum atomic E-state index is 13.1. The van der Waals surface area contributed by atoms with E-state index in [0.29, 0.717) is 22.2 Å². The zero-order valence-corrected chi connectivity index (χ0v) is 16.2. The fourth-order valence-corrected chi connectivity index (χ4v) is 3.21. The fraction of sp³-hybridized carbons (Fsp3) is 0.273. The second-order valence-electron chi connectivity index (χ2n) is 7.19. The van der Waals surface area contributed by atoms with E-state index in [0.717, 1.165) is 17.7 Å². The fourth-order valence-electron chi connectivity index (χ4n) is 3.21. The van der Waals surface area contributed by atoms with Gasteiger partial charge in [-0.1, -0.05) is 32.0 Å². The van der Waals surface area contributed by atoms with Gasteiger partial charge in [-0.15, -0.1) is 0 Å². The summed E-state index contributed by atoms with van der Waals surface area (Å²) < 4.78 is 52.2. The Balaban J connectivity index is 2.01. The van der Waals surface area contributed by atoms with Crippen molar-refractivity contribution in [3.63, 3.8) is 0 Å².